The molecule has 4 nitrogen and oxygen atoms in total. The van der Waals surface area contributed by atoms with Crippen molar-refractivity contribution >= 4 is 11.8 Å². The summed E-state index contributed by atoms with van der Waals surface area (Å²) in [6.07, 6.45) is 4.95. The number of nitrogens with one attached hydrogen (secondary N) is 1. The van der Waals surface area contributed by atoms with Gasteiger partial charge in [-0.2, -0.15) is 0 Å². The lowest BCUT2D eigenvalue weighted by Crippen LogP contribution is -2.46. The summed E-state index contributed by atoms with van der Waals surface area (Å²) in [6.45, 7) is 4.27. The zero-order valence-electron chi connectivity index (χ0n) is 8.74. The van der Waals surface area contributed by atoms with E-state index < -0.39 is 0 Å². The Morgan fingerprint density at radius 2 is 2.33 bits per heavy atom. The van der Waals surface area contributed by atoms with Crippen molar-refractivity contribution in [3.05, 3.63) is 12.7 Å². The van der Waals surface area contributed by atoms with E-state index >= 15 is 0 Å². The van der Waals surface area contributed by atoms with Crippen LogP contribution in [-0.4, -0.2) is 35.3 Å². The minimum atomic E-state index is -0.180. The smallest absolute Gasteiger partial charge is 0.243 e. The molecule has 0 aliphatic carbocycles. The van der Waals surface area contributed by atoms with E-state index in [-0.39, 0.29) is 23.9 Å². The Labute approximate surface area is 89.3 Å². The van der Waals surface area contributed by atoms with Gasteiger partial charge in [-0.25, -0.2) is 0 Å². The molecule has 2 amide bonds. The second kappa shape index (κ2) is 4.04. The predicted molar refractivity (Wildman–Crippen MR) is 56.1 cm³/mol. The first-order valence-electron chi connectivity index (χ1n) is 5.45. The van der Waals surface area contributed by atoms with E-state index in [1.165, 1.54) is 6.08 Å². The minimum Gasteiger partial charge on any atom is -0.347 e. The summed E-state index contributed by atoms with van der Waals surface area (Å²) in [6, 6.07) is 0.207. The summed E-state index contributed by atoms with van der Waals surface area (Å²) in [7, 11) is 0. The molecule has 0 aromatic carbocycles. The first-order valence-corrected chi connectivity index (χ1v) is 5.45. The van der Waals surface area contributed by atoms with Gasteiger partial charge in [-0.1, -0.05) is 6.58 Å². The number of carbonyl (C=O) groups excluding carboxylic acids is 2. The van der Waals surface area contributed by atoms with Crippen LogP contribution in [0.2, 0.25) is 0 Å². The number of amides is 2. The second-order valence-electron chi connectivity index (χ2n) is 4.17. The molecule has 2 saturated heterocycles. The van der Waals surface area contributed by atoms with Crippen molar-refractivity contribution in [2.75, 3.05) is 6.54 Å². The molecule has 15 heavy (non-hydrogen) atoms. The molecule has 4 heteroatoms. The largest absolute Gasteiger partial charge is 0.347 e. The third-order valence-corrected chi connectivity index (χ3v) is 3.24. The molecule has 0 saturated carbocycles. The van der Waals surface area contributed by atoms with Gasteiger partial charge in [-0.15, -0.1) is 0 Å². The van der Waals surface area contributed by atoms with Gasteiger partial charge in [0.25, 0.3) is 0 Å². The fraction of sp³-hybridized carbons (Fsp3) is 0.636. The van der Waals surface area contributed by atoms with E-state index in [4.69, 9.17) is 0 Å². The standard InChI is InChI=1S/C11H16N2O2/c1-2-10(14)12-8-7-11(15)13-6-4-3-5-9(8)13/h2,8-9H,1,3-7H2,(H,12,14). The topological polar surface area (TPSA) is 49.4 Å². The van der Waals surface area contributed by atoms with Crippen molar-refractivity contribution in [2.24, 2.45) is 0 Å². The highest BCUT2D eigenvalue weighted by molar-refractivity contribution is 5.88. The Balaban J connectivity index is 2.04. The fourth-order valence-corrected chi connectivity index (χ4v) is 2.52. The van der Waals surface area contributed by atoms with Crippen LogP contribution in [0.3, 0.4) is 0 Å². The lowest BCUT2D eigenvalue weighted by Gasteiger charge is -2.32. The van der Waals surface area contributed by atoms with Gasteiger partial charge in [-0.05, 0) is 25.3 Å². The Hall–Kier alpha value is -1.32. The second-order valence-corrected chi connectivity index (χ2v) is 4.17. The van der Waals surface area contributed by atoms with Crippen molar-refractivity contribution in [3.63, 3.8) is 0 Å². The predicted octanol–water partition coefficient (Wildman–Crippen LogP) is 0.442. The number of rotatable bonds is 2. The number of nitrogens with zero attached hydrogens (tertiary/aromatic N) is 1. The van der Waals surface area contributed by atoms with Gasteiger partial charge in [0, 0.05) is 13.0 Å². The number of piperidine rings is 1. The molecule has 2 rings (SSSR count). The molecule has 2 unspecified atom stereocenters. The van der Waals surface area contributed by atoms with Crippen molar-refractivity contribution in [1.82, 2.24) is 10.2 Å². The van der Waals surface area contributed by atoms with Crippen molar-refractivity contribution in [2.45, 2.75) is 37.8 Å². The van der Waals surface area contributed by atoms with Gasteiger partial charge in [0.05, 0.1) is 12.1 Å². The molecule has 2 aliphatic rings. The van der Waals surface area contributed by atoms with E-state index in [2.05, 4.69) is 11.9 Å². The average Bonchev–Trinajstić information content (AvgIpc) is 2.57. The molecule has 2 fully saturated rings. The van der Waals surface area contributed by atoms with Crippen LogP contribution in [0.25, 0.3) is 0 Å². The zero-order valence-corrected chi connectivity index (χ0v) is 8.74. The maximum atomic E-state index is 11.6. The van der Waals surface area contributed by atoms with E-state index in [1.54, 1.807) is 0 Å². The molecule has 82 valence electrons. The van der Waals surface area contributed by atoms with Gasteiger partial charge in [0.1, 0.15) is 0 Å². The number of hydrogen-bond acceptors (Lipinski definition) is 2. The van der Waals surface area contributed by atoms with Gasteiger partial charge in [-0.3, -0.25) is 9.59 Å². The van der Waals surface area contributed by atoms with E-state index in [1.807, 2.05) is 4.90 Å². The SMILES string of the molecule is C=CC(=O)NC1CC(=O)N2CCCCC12. The Bertz CT molecular complexity index is 301. The van der Waals surface area contributed by atoms with Gasteiger partial charge >= 0.3 is 0 Å². The highest BCUT2D eigenvalue weighted by Gasteiger charge is 2.40. The van der Waals surface area contributed by atoms with Crippen molar-refractivity contribution in [3.8, 4) is 0 Å². The maximum absolute atomic E-state index is 11.6. The molecular weight excluding hydrogens is 192 g/mol. The summed E-state index contributed by atoms with van der Waals surface area (Å²) in [5.41, 5.74) is 0. The maximum Gasteiger partial charge on any atom is 0.243 e. The number of carbonyl (C=O) groups is 2. The van der Waals surface area contributed by atoms with Crippen LogP contribution in [0.1, 0.15) is 25.7 Å². The van der Waals surface area contributed by atoms with Crippen molar-refractivity contribution in [1.29, 1.82) is 0 Å². The van der Waals surface area contributed by atoms with Crippen molar-refractivity contribution < 1.29 is 9.59 Å². The zero-order chi connectivity index (χ0) is 10.8. The summed E-state index contributed by atoms with van der Waals surface area (Å²) >= 11 is 0. The van der Waals surface area contributed by atoms with Gasteiger partial charge < -0.3 is 10.2 Å². The fourth-order valence-electron chi connectivity index (χ4n) is 2.52. The summed E-state index contributed by atoms with van der Waals surface area (Å²) in [5.74, 6) is -0.00529. The van der Waals surface area contributed by atoms with Crippen LogP contribution < -0.4 is 5.32 Å². The van der Waals surface area contributed by atoms with Crippen LogP contribution in [0, 0.1) is 0 Å². The average molecular weight is 208 g/mol. The minimum absolute atomic E-state index is 0.0108. The third kappa shape index (κ3) is 1.89. The molecule has 0 aromatic heterocycles. The van der Waals surface area contributed by atoms with Crippen LogP contribution in [0.15, 0.2) is 12.7 Å². The lowest BCUT2D eigenvalue weighted by atomic mass is 9.99. The first kappa shape index (κ1) is 10.2. The summed E-state index contributed by atoms with van der Waals surface area (Å²) in [4.78, 5) is 24.7. The highest BCUT2D eigenvalue weighted by atomic mass is 16.2. The van der Waals surface area contributed by atoms with Gasteiger partial charge in [0.15, 0.2) is 0 Å². The van der Waals surface area contributed by atoms with Gasteiger partial charge in [0.2, 0.25) is 11.8 Å². The molecule has 2 aliphatic heterocycles. The quantitative estimate of drug-likeness (QED) is 0.669. The van der Waals surface area contributed by atoms with Crippen LogP contribution in [0.4, 0.5) is 0 Å². The monoisotopic (exact) mass is 208 g/mol. The van der Waals surface area contributed by atoms with Crippen LogP contribution in [-0.2, 0) is 9.59 Å². The molecule has 0 bridgehead atoms. The van der Waals surface area contributed by atoms with Crippen LogP contribution >= 0.6 is 0 Å². The summed E-state index contributed by atoms with van der Waals surface area (Å²) in [5, 5.41) is 2.84. The normalized spacial score (nSPS) is 29.9. The molecular formula is C11H16N2O2. The van der Waals surface area contributed by atoms with E-state index in [0.29, 0.717) is 6.42 Å². The summed E-state index contributed by atoms with van der Waals surface area (Å²) < 4.78 is 0. The highest BCUT2D eigenvalue weighted by Crippen LogP contribution is 2.28. The van der Waals surface area contributed by atoms with E-state index in [0.717, 1.165) is 25.8 Å². The molecule has 1 N–H and O–H groups in total. The molecule has 2 atom stereocenters. The Morgan fingerprint density at radius 1 is 1.53 bits per heavy atom. The van der Waals surface area contributed by atoms with Crippen LogP contribution in [0.5, 0.6) is 0 Å². The Kier molecular flexibility index (Phi) is 2.75. The number of hydrogen-bond donors (Lipinski definition) is 1. The van der Waals surface area contributed by atoms with E-state index in [9.17, 15) is 9.59 Å². The Morgan fingerprint density at radius 3 is 3.07 bits per heavy atom. The molecule has 0 aromatic rings. The first-order chi connectivity index (χ1) is 7.22. The number of fused-ring (bicyclic) bond motifs is 1. The molecule has 0 spiro atoms. The molecule has 2 heterocycles. The molecule has 0 radical (unpaired) electrons. The lowest BCUT2D eigenvalue weighted by molar-refractivity contribution is -0.129. The third-order valence-electron chi connectivity index (χ3n) is 3.24.